The molecule has 1 unspecified atom stereocenters. The molecule has 1 saturated heterocycles. The number of aryl methyl sites for hydroxylation is 1. The van der Waals surface area contributed by atoms with Gasteiger partial charge in [0.1, 0.15) is 0 Å². The molecule has 0 aromatic heterocycles. The fourth-order valence-corrected chi connectivity index (χ4v) is 2.43. The molecule has 0 saturated carbocycles. The molecule has 1 aromatic rings. The van der Waals surface area contributed by atoms with Crippen LogP contribution in [0, 0.1) is 32.2 Å². The number of rotatable bonds is 1. The predicted octanol–water partition coefficient (Wildman–Crippen LogP) is 2.50. The highest BCUT2D eigenvalue weighted by atomic mass is 16.2. The van der Waals surface area contributed by atoms with Crippen molar-refractivity contribution in [1.29, 1.82) is 5.26 Å². The normalized spacial score (nSPS) is 19.3. The monoisotopic (exact) mass is 243 g/mol. The molecule has 1 aromatic carbocycles. The lowest BCUT2D eigenvalue weighted by Gasteiger charge is -2.21. The van der Waals surface area contributed by atoms with Crippen LogP contribution in [0.5, 0.6) is 0 Å². The first-order valence-electron chi connectivity index (χ1n) is 5.98. The van der Waals surface area contributed by atoms with E-state index in [0.29, 0.717) is 6.54 Å². The van der Waals surface area contributed by atoms with Crippen LogP contribution in [0.25, 0.3) is 0 Å². The van der Waals surface area contributed by atoms with Crippen LogP contribution in [0.1, 0.15) is 28.3 Å². The molecule has 0 N–H and O–H groups in total. The molecule has 4 nitrogen and oxygen atoms in total. The molecule has 0 spiro atoms. The summed E-state index contributed by atoms with van der Waals surface area (Å²) >= 11 is 0. The van der Waals surface area contributed by atoms with Crippen LogP contribution in [0.3, 0.4) is 0 Å². The highest BCUT2D eigenvalue weighted by Gasteiger charge is 2.36. The van der Waals surface area contributed by atoms with Gasteiger partial charge < -0.3 is 4.90 Å². The third kappa shape index (κ3) is 1.72. The molecule has 0 radical (unpaired) electrons. The highest BCUT2D eigenvalue weighted by Crippen LogP contribution is 2.31. The lowest BCUT2D eigenvalue weighted by molar-refractivity contribution is 0.205. The van der Waals surface area contributed by atoms with Gasteiger partial charge in [-0.1, -0.05) is 12.1 Å². The molecular formula is C14H17N3O. The number of hydrogen-bond donors (Lipinski definition) is 0. The van der Waals surface area contributed by atoms with E-state index in [9.17, 15) is 4.79 Å². The van der Waals surface area contributed by atoms with Crippen molar-refractivity contribution in [2.24, 2.45) is 0 Å². The standard InChI is InChI=1S/C14H17N3O/c1-9-5-6-12(11(3)10(9)2)13-7-17(8-15)14(18)16(13)4/h5-6,13H,7H2,1-4H3. The van der Waals surface area contributed by atoms with Gasteiger partial charge in [0.05, 0.1) is 12.6 Å². The summed E-state index contributed by atoms with van der Waals surface area (Å²) in [5.41, 5.74) is 4.84. The Hall–Kier alpha value is -2.02. The second-order valence-corrected chi connectivity index (χ2v) is 4.84. The van der Waals surface area contributed by atoms with Crippen molar-refractivity contribution in [2.75, 3.05) is 13.6 Å². The lowest BCUT2D eigenvalue weighted by Crippen LogP contribution is -2.26. The molecule has 0 aliphatic carbocycles. The van der Waals surface area contributed by atoms with E-state index in [1.54, 1.807) is 11.9 Å². The molecule has 1 aliphatic heterocycles. The van der Waals surface area contributed by atoms with Crippen LogP contribution in [-0.2, 0) is 0 Å². The first kappa shape index (κ1) is 12.4. The quantitative estimate of drug-likeness (QED) is 0.711. The van der Waals surface area contributed by atoms with Crippen LogP contribution < -0.4 is 0 Å². The Morgan fingerprint density at radius 2 is 1.94 bits per heavy atom. The Kier molecular flexibility index (Phi) is 3.00. The number of likely N-dealkylation sites (N-methyl/N-ethyl adjacent to an activating group) is 1. The number of nitrogens with zero attached hydrogens (tertiary/aromatic N) is 3. The first-order valence-corrected chi connectivity index (χ1v) is 5.98. The molecule has 1 heterocycles. The number of nitriles is 1. The summed E-state index contributed by atoms with van der Waals surface area (Å²) in [5.74, 6) is 0. The predicted molar refractivity (Wildman–Crippen MR) is 68.9 cm³/mol. The van der Waals surface area contributed by atoms with Crippen LogP contribution >= 0.6 is 0 Å². The molecule has 4 heteroatoms. The smallest absolute Gasteiger partial charge is 0.318 e. The van der Waals surface area contributed by atoms with Crippen molar-refractivity contribution >= 4 is 6.03 Å². The first-order chi connectivity index (χ1) is 8.47. The van der Waals surface area contributed by atoms with Crippen molar-refractivity contribution in [3.63, 3.8) is 0 Å². The highest BCUT2D eigenvalue weighted by molar-refractivity contribution is 5.79. The fraction of sp³-hybridized carbons (Fsp3) is 0.429. The van der Waals surface area contributed by atoms with E-state index in [2.05, 4.69) is 32.9 Å². The van der Waals surface area contributed by atoms with Gasteiger partial charge in [-0.25, -0.2) is 9.69 Å². The summed E-state index contributed by atoms with van der Waals surface area (Å²) in [5, 5.41) is 8.92. The van der Waals surface area contributed by atoms with Crippen molar-refractivity contribution in [3.05, 3.63) is 34.4 Å². The number of amides is 2. The zero-order valence-corrected chi connectivity index (χ0v) is 11.2. The lowest BCUT2D eigenvalue weighted by atomic mass is 9.94. The number of hydrogen-bond acceptors (Lipinski definition) is 2. The van der Waals surface area contributed by atoms with E-state index in [0.717, 1.165) is 5.56 Å². The molecule has 1 atom stereocenters. The Balaban J connectivity index is 2.43. The number of urea groups is 1. The van der Waals surface area contributed by atoms with E-state index < -0.39 is 0 Å². The third-order valence-corrected chi connectivity index (χ3v) is 3.94. The molecule has 2 amide bonds. The number of benzene rings is 1. The maximum Gasteiger partial charge on any atom is 0.333 e. The van der Waals surface area contributed by atoms with Crippen LogP contribution in [0.2, 0.25) is 0 Å². The van der Waals surface area contributed by atoms with E-state index in [1.807, 2.05) is 6.19 Å². The SMILES string of the molecule is Cc1ccc(C2CN(C#N)C(=O)N2C)c(C)c1C. The Bertz CT molecular complexity index is 545. The summed E-state index contributed by atoms with van der Waals surface area (Å²) in [6.45, 7) is 6.68. The van der Waals surface area contributed by atoms with Crippen molar-refractivity contribution < 1.29 is 4.79 Å². The van der Waals surface area contributed by atoms with Gasteiger partial charge in [0.25, 0.3) is 0 Å². The topological polar surface area (TPSA) is 47.3 Å². The summed E-state index contributed by atoms with van der Waals surface area (Å²) in [4.78, 5) is 14.7. The molecule has 18 heavy (non-hydrogen) atoms. The van der Waals surface area contributed by atoms with Gasteiger partial charge in [-0.05, 0) is 43.0 Å². The zero-order chi connectivity index (χ0) is 13.4. The summed E-state index contributed by atoms with van der Waals surface area (Å²) in [6.07, 6.45) is 1.93. The Morgan fingerprint density at radius 1 is 1.28 bits per heavy atom. The maximum absolute atomic E-state index is 11.8. The maximum atomic E-state index is 11.8. The van der Waals surface area contributed by atoms with Gasteiger partial charge in [-0.2, -0.15) is 5.26 Å². The summed E-state index contributed by atoms with van der Waals surface area (Å²) < 4.78 is 0. The average molecular weight is 243 g/mol. The Morgan fingerprint density at radius 3 is 2.50 bits per heavy atom. The molecular weight excluding hydrogens is 226 g/mol. The van der Waals surface area contributed by atoms with Gasteiger partial charge in [-0.3, -0.25) is 0 Å². The average Bonchev–Trinajstić information content (AvgIpc) is 2.64. The van der Waals surface area contributed by atoms with E-state index in [-0.39, 0.29) is 12.1 Å². The third-order valence-electron chi connectivity index (χ3n) is 3.94. The Labute approximate surface area is 107 Å². The van der Waals surface area contributed by atoms with Gasteiger partial charge in [0, 0.05) is 7.05 Å². The van der Waals surface area contributed by atoms with Gasteiger partial charge in [0.15, 0.2) is 6.19 Å². The van der Waals surface area contributed by atoms with Gasteiger partial charge in [-0.15, -0.1) is 0 Å². The van der Waals surface area contributed by atoms with E-state index in [4.69, 9.17) is 5.26 Å². The van der Waals surface area contributed by atoms with Gasteiger partial charge >= 0.3 is 6.03 Å². The van der Waals surface area contributed by atoms with E-state index in [1.165, 1.54) is 21.6 Å². The summed E-state index contributed by atoms with van der Waals surface area (Å²) in [7, 11) is 1.75. The second kappa shape index (κ2) is 4.34. The molecule has 1 aliphatic rings. The fourth-order valence-electron chi connectivity index (χ4n) is 2.43. The number of carbonyl (C=O) groups excluding carboxylic acids is 1. The minimum Gasteiger partial charge on any atom is -0.318 e. The minimum absolute atomic E-state index is 0.0311. The van der Waals surface area contributed by atoms with Crippen molar-refractivity contribution in [2.45, 2.75) is 26.8 Å². The minimum atomic E-state index is -0.222. The van der Waals surface area contributed by atoms with Gasteiger partial charge in [0.2, 0.25) is 0 Å². The van der Waals surface area contributed by atoms with Crippen LogP contribution in [0.4, 0.5) is 4.79 Å². The molecule has 94 valence electrons. The zero-order valence-electron chi connectivity index (χ0n) is 11.2. The van der Waals surface area contributed by atoms with Crippen molar-refractivity contribution in [3.8, 4) is 6.19 Å². The largest absolute Gasteiger partial charge is 0.333 e. The molecule has 2 rings (SSSR count). The van der Waals surface area contributed by atoms with E-state index >= 15 is 0 Å². The summed E-state index contributed by atoms with van der Waals surface area (Å²) in [6, 6.07) is 3.88. The van der Waals surface area contributed by atoms with Crippen LogP contribution in [-0.4, -0.2) is 29.4 Å². The van der Waals surface area contributed by atoms with Crippen LogP contribution in [0.15, 0.2) is 12.1 Å². The van der Waals surface area contributed by atoms with Crippen molar-refractivity contribution in [1.82, 2.24) is 9.80 Å². The molecule has 1 fully saturated rings. The second-order valence-electron chi connectivity index (χ2n) is 4.84. The number of carbonyl (C=O) groups is 1. The molecule has 0 bridgehead atoms.